The molecule has 2 fully saturated rings. The molecule has 2 rings (SSSR count). The average molecular weight is 150 g/mol. The molecular formula is C10H16N+. The van der Waals surface area contributed by atoms with E-state index in [1.54, 1.807) is 0 Å². The first-order chi connectivity index (χ1) is 5.30. The molecule has 0 aliphatic carbocycles. The minimum Gasteiger partial charge on any atom is -0.244 e. The molecule has 2 aliphatic heterocycles. The van der Waals surface area contributed by atoms with Crippen LogP contribution in [0.25, 0.3) is 0 Å². The van der Waals surface area contributed by atoms with Crippen LogP contribution in [0.4, 0.5) is 0 Å². The van der Waals surface area contributed by atoms with E-state index >= 15 is 0 Å². The van der Waals surface area contributed by atoms with Crippen LogP contribution in [0.15, 0.2) is 0 Å². The number of rotatable bonds is 1. The van der Waals surface area contributed by atoms with Crippen LogP contribution in [0.2, 0.25) is 0 Å². The third-order valence-electron chi connectivity index (χ3n) is 3.55. The number of nitrogens with zero attached hydrogens (tertiary/aromatic N) is 1. The second-order valence-electron chi connectivity index (χ2n) is 4.02. The Morgan fingerprint density at radius 1 is 1.64 bits per heavy atom. The van der Waals surface area contributed by atoms with Crippen LogP contribution in [-0.2, 0) is 0 Å². The summed E-state index contributed by atoms with van der Waals surface area (Å²) >= 11 is 0. The molecule has 2 heterocycles. The van der Waals surface area contributed by atoms with Crippen LogP contribution < -0.4 is 0 Å². The van der Waals surface area contributed by atoms with Crippen molar-refractivity contribution < 1.29 is 4.48 Å². The summed E-state index contributed by atoms with van der Waals surface area (Å²) in [6.45, 7) is 4.79. The maximum absolute atomic E-state index is 5.59. The van der Waals surface area contributed by atoms with Crippen LogP contribution in [0.5, 0.6) is 0 Å². The molecule has 0 aromatic rings. The van der Waals surface area contributed by atoms with Crippen molar-refractivity contribution in [3.63, 3.8) is 0 Å². The smallest absolute Gasteiger partial charge is 0.133 e. The topological polar surface area (TPSA) is 0 Å². The fraction of sp³-hybridized carbons (Fsp3) is 0.800. The highest BCUT2D eigenvalue weighted by Crippen LogP contribution is 2.40. The van der Waals surface area contributed by atoms with Gasteiger partial charge in [-0.2, -0.15) is 0 Å². The van der Waals surface area contributed by atoms with Gasteiger partial charge in [-0.15, -0.1) is 0 Å². The predicted molar refractivity (Wildman–Crippen MR) is 45.6 cm³/mol. The number of hydrogen-bond acceptors (Lipinski definition) is 0. The van der Waals surface area contributed by atoms with Gasteiger partial charge in [0.2, 0.25) is 0 Å². The molecule has 0 amide bonds. The summed E-state index contributed by atoms with van der Waals surface area (Å²) in [5, 5.41) is 0. The molecule has 0 spiro atoms. The van der Waals surface area contributed by atoms with Crippen molar-refractivity contribution in [1.82, 2.24) is 0 Å². The molecule has 11 heavy (non-hydrogen) atoms. The van der Waals surface area contributed by atoms with E-state index in [-0.39, 0.29) is 0 Å². The lowest BCUT2D eigenvalue weighted by atomic mass is 9.98. The molecule has 0 aromatic heterocycles. The second-order valence-corrected chi connectivity index (χ2v) is 4.02. The van der Waals surface area contributed by atoms with Gasteiger partial charge in [-0.1, -0.05) is 13.3 Å². The van der Waals surface area contributed by atoms with Crippen LogP contribution in [0.3, 0.4) is 0 Å². The molecule has 3 atom stereocenters. The van der Waals surface area contributed by atoms with E-state index in [1.807, 2.05) is 0 Å². The Balaban J connectivity index is 2.23. The molecule has 2 saturated heterocycles. The van der Waals surface area contributed by atoms with E-state index in [0.717, 1.165) is 16.4 Å². The number of terminal acetylenes is 1. The third kappa shape index (κ3) is 0.827. The van der Waals surface area contributed by atoms with Gasteiger partial charge >= 0.3 is 0 Å². The maximum atomic E-state index is 5.59. The largest absolute Gasteiger partial charge is 0.244 e. The van der Waals surface area contributed by atoms with Crippen LogP contribution >= 0.6 is 0 Å². The average Bonchev–Trinajstić information content (AvgIpc) is 2.60. The Bertz CT molecular complexity index is 203. The number of fused-ring (bicyclic) bond motifs is 2. The van der Waals surface area contributed by atoms with Gasteiger partial charge in [0.25, 0.3) is 0 Å². The summed E-state index contributed by atoms with van der Waals surface area (Å²) in [5.41, 5.74) is 0. The summed E-state index contributed by atoms with van der Waals surface area (Å²) in [7, 11) is 0. The van der Waals surface area contributed by atoms with Crippen molar-refractivity contribution in [2.45, 2.75) is 32.2 Å². The summed E-state index contributed by atoms with van der Waals surface area (Å²) in [6, 6.07) is 3.80. The first-order valence-corrected chi connectivity index (χ1v) is 4.65. The van der Waals surface area contributed by atoms with Crippen LogP contribution in [0, 0.1) is 18.4 Å². The van der Waals surface area contributed by atoms with E-state index in [4.69, 9.17) is 6.42 Å². The Kier molecular flexibility index (Phi) is 1.47. The molecular weight excluding hydrogens is 134 g/mol. The Morgan fingerprint density at radius 3 is 2.91 bits per heavy atom. The van der Waals surface area contributed by atoms with Crippen molar-refractivity contribution >= 4 is 0 Å². The Labute approximate surface area is 69.0 Å². The molecule has 0 N–H and O–H groups in total. The van der Waals surface area contributed by atoms with Gasteiger partial charge in [0.1, 0.15) is 12.1 Å². The lowest BCUT2D eigenvalue weighted by molar-refractivity contribution is -0.868. The van der Waals surface area contributed by atoms with Gasteiger partial charge in [-0.05, 0) is 6.42 Å². The first-order valence-electron chi connectivity index (χ1n) is 4.65. The number of piperidine rings is 1. The van der Waals surface area contributed by atoms with E-state index in [2.05, 4.69) is 13.0 Å². The van der Waals surface area contributed by atoms with Gasteiger partial charge in [0, 0.05) is 18.8 Å². The maximum Gasteiger partial charge on any atom is 0.133 e. The predicted octanol–water partition coefficient (Wildman–Crippen LogP) is 1.60. The van der Waals surface area contributed by atoms with E-state index in [0.29, 0.717) is 0 Å². The minimum atomic E-state index is 0.791. The zero-order valence-electron chi connectivity index (χ0n) is 7.21. The highest BCUT2D eigenvalue weighted by atomic mass is 15.4. The molecule has 2 aliphatic rings. The zero-order valence-corrected chi connectivity index (χ0v) is 7.21. The highest BCUT2D eigenvalue weighted by Gasteiger charge is 2.50. The van der Waals surface area contributed by atoms with Gasteiger partial charge in [-0.25, -0.2) is 4.48 Å². The van der Waals surface area contributed by atoms with Gasteiger partial charge in [0.05, 0.1) is 13.1 Å². The molecule has 3 unspecified atom stereocenters. The SMILES string of the molecule is C#C[N+]12CCC(CC1CC)C2. The normalized spacial score (nSPS) is 47.6. The summed E-state index contributed by atoms with van der Waals surface area (Å²) < 4.78 is 1.00. The van der Waals surface area contributed by atoms with Crippen molar-refractivity contribution in [2.24, 2.45) is 5.92 Å². The minimum absolute atomic E-state index is 0.791. The van der Waals surface area contributed by atoms with Crippen LogP contribution in [0.1, 0.15) is 26.2 Å². The van der Waals surface area contributed by atoms with Crippen molar-refractivity contribution in [2.75, 3.05) is 13.1 Å². The Morgan fingerprint density at radius 2 is 2.45 bits per heavy atom. The summed E-state index contributed by atoms with van der Waals surface area (Å²) in [6.07, 6.45) is 9.62. The van der Waals surface area contributed by atoms with E-state index in [9.17, 15) is 0 Å². The summed E-state index contributed by atoms with van der Waals surface area (Å²) in [4.78, 5) is 0. The third-order valence-corrected chi connectivity index (χ3v) is 3.55. The fourth-order valence-corrected chi connectivity index (χ4v) is 2.91. The molecule has 60 valence electrons. The highest BCUT2D eigenvalue weighted by molar-refractivity contribution is 4.89. The molecule has 0 saturated carbocycles. The van der Waals surface area contributed by atoms with Gasteiger partial charge in [-0.3, -0.25) is 0 Å². The molecule has 2 bridgehead atoms. The first kappa shape index (κ1) is 7.18. The van der Waals surface area contributed by atoms with Crippen molar-refractivity contribution in [1.29, 1.82) is 0 Å². The molecule has 0 aromatic carbocycles. The van der Waals surface area contributed by atoms with E-state index in [1.165, 1.54) is 32.4 Å². The lowest BCUT2D eigenvalue weighted by Gasteiger charge is -2.31. The van der Waals surface area contributed by atoms with Crippen molar-refractivity contribution in [3.05, 3.63) is 0 Å². The molecule has 1 nitrogen and oxygen atoms in total. The number of quaternary nitrogens is 1. The van der Waals surface area contributed by atoms with Gasteiger partial charge in [0.15, 0.2) is 0 Å². The van der Waals surface area contributed by atoms with E-state index < -0.39 is 0 Å². The standard InChI is InChI=1S/C10H16N/c1-3-10-7-9-5-6-11(10,4-2)8-9/h2,9-10H,3,5-8H2,1H3/q+1. The number of hydrogen-bond donors (Lipinski definition) is 0. The Hall–Kier alpha value is -0.480. The molecule has 0 radical (unpaired) electrons. The van der Waals surface area contributed by atoms with Crippen molar-refractivity contribution in [3.8, 4) is 12.5 Å². The molecule has 1 heteroatoms. The van der Waals surface area contributed by atoms with Gasteiger partial charge < -0.3 is 0 Å². The second kappa shape index (κ2) is 2.25. The monoisotopic (exact) mass is 150 g/mol. The van der Waals surface area contributed by atoms with Crippen LogP contribution in [-0.4, -0.2) is 23.6 Å². The summed E-state index contributed by atoms with van der Waals surface area (Å²) in [5.74, 6) is 0.955. The fourth-order valence-electron chi connectivity index (χ4n) is 2.91. The quantitative estimate of drug-likeness (QED) is 0.393. The lowest BCUT2D eigenvalue weighted by Crippen LogP contribution is -2.46. The zero-order chi connectivity index (χ0) is 7.90.